The van der Waals surface area contributed by atoms with Gasteiger partial charge in [-0.1, -0.05) is 47.1 Å². The molecule has 6 nitrogen and oxygen atoms in total. The Kier molecular flexibility index (Phi) is 7.68. The summed E-state index contributed by atoms with van der Waals surface area (Å²) in [5, 5.41) is 0. The van der Waals surface area contributed by atoms with Crippen molar-refractivity contribution in [3.8, 4) is 0 Å². The minimum absolute atomic E-state index is 0.0506. The van der Waals surface area contributed by atoms with E-state index in [-0.39, 0.29) is 57.0 Å². The van der Waals surface area contributed by atoms with Gasteiger partial charge in [0, 0.05) is 24.8 Å². The first kappa shape index (κ1) is 31.7. The quantitative estimate of drug-likeness (QED) is 0.325. The van der Waals surface area contributed by atoms with E-state index in [0.717, 1.165) is 64.3 Å². The highest BCUT2D eigenvalue weighted by Gasteiger charge is 2.70. The molecule has 0 radical (unpaired) electrons. The van der Waals surface area contributed by atoms with Gasteiger partial charge in [0.1, 0.15) is 12.7 Å². The van der Waals surface area contributed by atoms with Gasteiger partial charge in [-0.25, -0.2) is 0 Å². The Morgan fingerprint density at radius 2 is 1.60 bits per heavy atom. The molecule has 0 aromatic heterocycles. The molecule has 0 amide bonds. The zero-order valence-corrected chi connectivity index (χ0v) is 28.2. The van der Waals surface area contributed by atoms with Crippen LogP contribution in [0.25, 0.3) is 0 Å². The fourth-order valence-corrected chi connectivity index (χ4v) is 11.2. The molecule has 0 aromatic carbocycles. The number of hydrogen-bond donors (Lipinski definition) is 0. The van der Waals surface area contributed by atoms with E-state index in [0.29, 0.717) is 18.3 Å². The predicted octanol–water partition coefficient (Wildman–Crippen LogP) is 7.00. The average Bonchev–Trinajstić information content (AvgIpc) is 2.87. The largest absolute Gasteiger partial charge is 0.464 e. The molecule has 0 saturated heterocycles. The number of allylic oxidation sites excluding steroid dienone is 2. The van der Waals surface area contributed by atoms with Crippen LogP contribution >= 0.6 is 0 Å². The van der Waals surface area contributed by atoms with Crippen molar-refractivity contribution in [1.82, 2.24) is 4.90 Å². The van der Waals surface area contributed by atoms with Crippen molar-refractivity contribution >= 4 is 17.7 Å². The van der Waals surface area contributed by atoms with Crippen LogP contribution in [0.15, 0.2) is 11.6 Å². The zero-order valence-electron chi connectivity index (χ0n) is 28.2. The number of hydrogen-bond acceptors (Lipinski definition) is 6. The molecule has 0 bridgehead atoms. The van der Waals surface area contributed by atoms with E-state index in [2.05, 4.69) is 54.5 Å². The summed E-state index contributed by atoms with van der Waals surface area (Å²) in [7, 11) is 3.98. The zero-order chi connectivity index (χ0) is 31.1. The topological polar surface area (TPSA) is 72.9 Å². The molecule has 5 rings (SSSR count). The van der Waals surface area contributed by atoms with Crippen LogP contribution in [0.4, 0.5) is 0 Å². The van der Waals surface area contributed by atoms with Gasteiger partial charge in [0.25, 0.3) is 0 Å². The molecule has 0 unspecified atom stereocenters. The molecule has 42 heavy (non-hydrogen) atoms. The van der Waals surface area contributed by atoms with E-state index in [1.807, 2.05) is 19.0 Å². The number of nitrogens with zero attached hydrogens (tertiary/aromatic N) is 1. The molecular formula is C36H57NO5. The van der Waals surface area contributed by atoms with Crippen molar-refractivity contribution in [2.24, 2.45) is 50.2 Å². The molecule has 9 atom stereocenters. The number of esters is 2. The van der Waals surface area contributed by atoms with Crippen LogP contribution in [-0.2, 0) is 23.9 Å². The molecule has 236 valence electrons. The number of ketones is 1. The molecule has 6 heteroatoms. The summed E-state index contributed by atoms with van der Waals surface area (Å²) in [6.07, 6.45) is 10.6. The molecule has 4 saturated carbocycles. The summed E-state index contributed by atoms with van der Waals surface area (Å²) in [6.45, 7) is 18.9. The third kappa shape index (κ3) is 4.55. The number of ether oxygens (including phenoxy) is 2. The Bertz CT molecular complexity index is 1170. The Morgan fingerprint density at radius 1 is 0.929 bits per heavy atom. The van der Waals surface area contributed by atoms with Gasteiger partial charge in [0.05, 0.1) is 5.41 Å². The van der Waals surface area contributed by atoms with E-state index in [1.165, 1.54) is 12.5 Å². The second-order valence-electron chi connectivity index (χ2n) is 17.2. The lowest BCUT2D eigenvalue weighted by Gasteiger charge is -2.70. The van der Waals surface area contributed by atoms with Gasteiger partial charge in [-0.05, 0) is 118 Å². The Hall–Kier alpha value is -1.69. The number of carbonyl (C=O) groups excluding carboxylic acids is 3. The summed E-state index contributed by atoms with van der Waals surface area (Å²) in [5.41, 5.74) is 0.324. The van der Waals surface area contributed by atoms with Gasteiger partial charge in [-0.2, -0.15) is 0 Å². The fourth-order valence-electron chi connectivity index (χ4n) is 11.2. The van der Waals surface area contributed by atoms with Gasteiger partial charge < -0.3 is 14.4 Å². The first-order valence-corrected chi connectivity index (χ1v) is 16.6. The van der Waals surface area contributed by atoms with Crippen molar-refractivity contribution in [2.45, 2.75) is 119 Å². The first-order valence-electron chi connectivity index (χ1n) is 16.6. The van der Waals surface area contributed by atoms with E-state index < -0.39 is 5.41 Å². The third-order valence-electron chi connectivity index (χ3n) is 14.1. The summed E-state index contributed by atoms with van der Waals surface area (Å²) in [4.78, 5) is 42.1. The van der Waals surface area contributed by atoms with Gasteiger partial charge in [-0.15, -0.1) is 0 Å². The predicted molar refractivity (Wildman–Crippen MR) is 164 cm³/mol. The smallest absolute Gasteiger partial charge is 0.311 e. The van der Waals surface area contributed by atoms with Crippen LogP contribution in [0.1, 0.15) is 113 Å². The Morgan fingerprint density at radius 3 is 2.24 bits per heavy atom. The van der Waals surface area contributed by atoms with Gasteiger partial charge in [0.2, 0.25) is 0 Å². The maximum atomic E-state index is 14.6. The molecule has 0 N–H and O–H groups in total. The van der Waals surface area contributed by atoms with Crippen LogP contribution in [-0.4, -0.2) is 56.0 Å². The number of rotatable bonds is 5. The van der Waals surface area contributed by atoms with Crippen molar-refractivity contribution < 1.29 is 23.9 Å². The molecular weight excluding hydrogens is 526 g/mol. The van der Waals surface area contributed by atoms with Crippen LogP contribution < -0.4 is 0 Å². The lowest BCUT2D eigenvalue weighted by atomic mass is 9.33. The minimum atomic E-state index is -0.529. The van der Waals surface area contributed by atoms with Crippen molar-refractivity contribution in [3.63, 3.8) is 0 Å². The first-order chi connectivity index (χ1) is 19.3. The van der Waals surface area contributed by atoms with Gasteiger partial charge in [-0.3, -0.25) is 14.4 Å². The minimum Gasteiger partial charge on any atom is -0.464 e. The summed E-state index contributed by atoms with van der Waals surface area (Å²) < 4.78 is 11.7. The Labute approximate surface area is 254 Å². The number of likely N-dealkylation sites (N-methyl/N-ethyl adjacent to an activating group) is 1. The van der Waals surface area contributed by atoms with Crippen LogP contribution in [0.3, 0.4) is 0 Å². The van der Waals surface area contributed by atoms with Crippen LogP contribution in [0, 0.1) is 50.2 Å². The molecule has 0 aromatic rings. The van der Waals surface area contributed by atoms with Crippen molar-refractivity contribution in [3.05, 3.63) is 11.6 Å². The second-order valence-corrected chi connectivity index (χ2v) is 17.2. The van der Waals surface area contributed by atoms with Crippen LogP contribution in [0.2, 0.25) is 0 Å². The van der Waals surface area contributed by atoms with E-state index in [1.54, 1.807) is 0 Å². The molecule has 5 aliphatic rings. The average molecular weight is 584 g/mol. The molecule has 4 fully saturated rings. The molecule has 5 aliphatic carbocycles. The maximum Gasteiger partial charge on any atom is 0.311 e. The number of carbonyl (C=O) groups is 3. The summed E-state index contributed by atoms with van der Waals surface area (Å²) in [5.74, 6) is 0.476. The highest BCUT2D eigenvalue weighted by atomic mass is 16.5. The SMILES string of the molecule is CC(=O)O[C@H]1CC[C@]2(C)[C@H]3C(=O)C=C4[C@@H]5C[C@@](C)(C(=O)OCCN(C)C)CC[C@]5(C)CC[C@@]4(C)[C@]3(C)CC[C@H]2C1(C)C. The second kappa shape index (κ2) is 10.2. The van der Waals surface area contributed by atoms with E-state index in [4.69, 9.17) is 9.47 Å². The van der Waals surface area contributed by atoms with Crippen molar-refractivity contribution in [2.75, 3.05) is 27.2 Å². The monoisotopic (exact) mass is 583 g/mol. The summed E-state index contributed by atoms with van der Waals surface area (Å²) >= 11 is 0. The maximum absolute atomic E-state index is 14.6. The fraction of sp³-hybridized carbons (Fsp3) is 0.861. The molecule has 0 heterocycles. The molecule has 0 spiro atoms. The van der Waals surface area contributed by atoms with Gasteiger partial charge >= 0.3 is 11.9 Å². The normalized spacial score (nSPS) is 46.0. The third-order valence-corrected chi connectivity index (χ3v) is 14.1. The number of fused-ring (bicyclic) bond motifs is 7. The van der Waals surface area contributed by atoms with Gasteiger partial charge in [0.15, 0.2) is 5.78 Å². The lowest BCUT2D eigenvalue weighted by molar-refractivity contribution is -0.210. The standard InChI is InChI=1S/C36H57NO5/c1-23(38)42-28-12-13-34(6)27(31(28,2)3)11-14-36(8)29(34)26(39)21-24-25-22-33(5,30(40)41-20-19-37(9)10)16-15-32(25,4)17-18-35(24,36)7/h21,25,27-29H,11-20,22H2,1-10H3/t25-,27-,28-,29+,32+,33-,34-,35+,36+/m0/s1. The highest BCUT2D eigenvalue weighted by molar-refractivity contribution is 5.95. The lowest BCUT2D eigenvalue weighted by Crippen LogP contribution is -2.66. The highest BCUT2D eigenvalue weighted by Crippen LogP contribution is 2.75. The molecule has 0 aliphatic heterocycles. The van der Waals surface area contributed by atoms with Crippen molar-refractivity contribution in [1.29, 1.82) is 0 Å². The van der Waals surface area contributed by atoms with E-state index in [9.17, 15) is 14.4 Å². The Balaban J connectivity index is 1.49. The summed E-state index contributed by atoms with van der Waals surface area (Å²) in [6, 6.07) is 0. The van der Waals surface area contributed by atoms with Crippen LogP contribution in [0.5, 0.6) is 0 Å². The van der Waals surface area contributed by atoms with E-state index >= 15 is 0 Å².